The zero-order valence-corrected chi connectivity index (χ0v) is 12.3. The van der Waals surface area contributed by atoms with Gasteiger partial charge >= 0.3 is 12.2 Å². The van der Waals surface area contributed by atoms with Gasteiger partial charge in [0, 0.05) is 18.3 Å². The molecule has 0 bridgehead atoms. The van der Waals surface area contributed by atoms with Gasteiger partial charge in [-0.05, 0) is 29.8 Å². The molecule has 5 nitrogen and oxygen atoms in total. The van der Waals surface area contributed by atoms with Crippen LogP contribution < -0.4 is 20.1 Å². The number of hydrogen-bond acceptors (Lipinski definition) is 3. The number of carbonyl (C=O) groups is 1. The third-order valence-corrected chi connectivity index (χ3v) is 3.36. The van der Waals surface area contributed by atoms with Crippen LogP contribution in [0.2, 0.25) is 0 Å². The minimum absolute atomic E-state index is 0.106. The molecule has 2 aromatic carbocycles. The van der Waals surface area contributed by atoms with E-state index in [0.29, 0.717) is 22.7 Å². The van der Waals surface area contributed by atoms with E-state index >= 15 is 0 Å². The van der Waals surface area contributed by atoms with Gasteiger partial charge in [0.1, 0.15) is 0 Å². The summed E-state index contributed by atoms with van der Waals surface area (Å²) in [5.74, 6) is 1.14. The summed E-state index contributed by atoms with van der Waals surface area (Å²) in [7, 11) is 0. The highest BCUT2D eigenvalue weighted by molar-refractivity contribution is 5.89. The van der Waals surface area contributed by atoms with E-state index in [-0.39, 0.29) is 13.3 Å². The zero-order valence-electron chi connectivity index (χ0n) is 12.3. The minimum atomic E-state index is -4.37. The molecule has 0 radical (unpaired) electrons. The highest BCUT2D eigenvalue weighted by Gasteiger charge is 2.29. The Morgan fingerprint density at radius 3 is 2.46 bits per heavy atom. The molecule has 1 aliphatic rings. The summed E-state index contributed by atoms with van der Waals surface area (Å²) in [6.07, 6.45) is -4.37. The van der Waals surface area contributed by atoms with Gasteiger partial charge in [0.25, 0.3) is 0 Å². The fourth-order valence-electron chi connectivity index (χ4n) is 2.14. The molecule has 2 N–H and O–H groups in total. The number of alkyl halides is 3. The second-order valence-electron chi connectivity index (χ2n) is 5.07. The molecule has 0 atom stereocenters. The molecule has 3 rings (SSSR count). The second kappa shape index (κ2) is 6.31. The standard InChI is InChI=1S/C16H13F3N2O3/c17-16(18,19)11-3-1-10(2-4-11)8-20-15(22)21-12-5-6-13-14(7-12)24-9-23-13/h1-7H,8-9H2,(H2,20,21,22). The van der Waals surface area contributed by atoms with E-state index in [1.807, 2.05) is 0 Å². The van der Waals surface area contributed by atoms with Gasteiger partial charge in [-0.15, -0.1) is 0 Å². The summed E-state index contributed by atoms with van der Waals surface area (Å²) in [6, 6.07) is 9.08. The van der Waals surface area contributed by atoms with Crippen LogP contribution in [0.4, 0.5) is 23.7 Å². The Labute approximate surface area is 135 Å². The summed E-state index contributed by atoms with van der Waals surface area (Å²) in [4.78, 5) is 11.8. The number of halogens is 3. The van der Waals surface area contributed by atoms with E-state index in [1.54, 1.807) is 18.2 Å². The lowest BCUT2D eigenvalue weighted by molar-refractivity contribution is -0.137. The summed E-state index contributed by atoms with van der Waals surface area (Å²) < 4.78 is 47.8. The van der Waals surface area contributed by atoms with E-state index < -0.39 is 17.8 Å². The molecule has 0 unspecified atom stereocenters. The quantitative estimate of drug-likeness (QED) is 0.896. The summed E-state index contributed by atoms with van der Waals surface area (Å²) in [5.41, 5.74) is 0.351. The van der Waals surface area contributed by atoms with Crippen LogP contribution in [-0.2, 0) is 12.7 Å². The average molecular weight is 338 g/mol. The average Bonchev–Trinajstić information content (AvgIpc) is 3.00. The van der Waals surface area contributed by atoms with Crippen molar-refractivity contribution < 1.29 is 27.4 Å². The van der Waals surface area contributed by atoms with Crippen LogP contribution in [0.25, 0.3) is 0 Å². The Hall–Kier alpha value is -2.90. The van der Waals surface area contributed by atoms with Crippen molar-refractivity contribution in [2.75, 3.05) is 12.1 Å². The molecule has 0 aromatic heterocycles. The third kappa shape index (κ3) is 3.70. The van der Waals surface area contributed by atoms with Gasteiger partial charge in [-0.1, -0.05) is 12.1 Å². The molecular weight excluding hydrogens is 325 g/mol. The molecule has 0 aliphatic carbocycles. The molecule has 0 spiro atoms. The summed E-state index contributed by atoms with van der Waals surface area (Å²) in [6.45, 7) is 0.243. The number of anilines is 1. The fourth-order valence-corrected chi connectivity index (χ4v) is 2.14. The second-order valence-corrected chi connectivity index (χ2v) is 5.07. The fraction of sp³-hybridized carbons (Fsp3) is 0.188. The Kier molecular flexibility index (Phi) is 4.20. The number of urea groups is 1. The van der Waals surface area contributed by atoms with E-state index in [9.17, 15) is 18.0 Å². The van der Waals surface area contributed by atoms with Gasteiger partial charge in [-0.3, -0.25) is 0 Å². The van der Waals surface area contributed by atoms with Gasteiger partial charge < -0.3 is 20.1 Å². The molecule has 2 aromatic rings. The molecule has 8 heteroatoms. The maximum atomic E-state index is 12.5. The Morgan fingerprint density at radius 2 is 1.75 bits per heavy atom. The maximum Gasteiger partial charge on any atom is 0.416 e. The minimum Gasteiger partial charge on any atom is -0.454 e. The lowest BCUT2D eigenvalue weighted by Gasteiger charge is -2.10. The monoisotopic (exact) mass is 338 g/mol. The summed E-state index contributed by atoms with van der Waals surface area (Å²) >= 11 is 0. The van der Waals surface area contributed by atoms with Gasteiger partial charge in [-0.2, -0.15) is 13.2 Å². The Balaban J connectivity index is 1.54. The van der Waals surface area contributed by atoms with Crippen LogP contribution >= 0.6 is 0 Å². The first kappa shape index (κ1) is 16.0. The largest absolute Gasteiger partial charge is 0.454 e. The molecule has 0 saturated heterocycles. The molecule has 2 amide bonds. The number of rotatable bonds is 3. The number of amides is 2. The van der Waals surface area contributed by atoms with E-state index in [1.165, 1.54) is 12.1 Å². The lowest BCUT2D eigenvalue weighted by atomic mass is 10.1. The van der Waals surface area contributed by atoms with E-state index in [0.717, 1.165) is 12.1 Å². The van der Waals surface area contributed by atoms with Crippen LogP contribution in [0.1, 0.15) is 11.1 Å². The normalized spacial score (nSPS) is 12.8. The topological polar surface area (TPSA) is 59.6 Å². The van der Waals surface area contributed by atoms with Crippen molar-refractivity contribution in [3.05, 3.63) is 53.6 Å². The van der Waals surface area contributed by atoms with Crippen LogP contribution in [0.3, 0.4) is 0 Å². The van der Waals surface area contributed by atoms with Crippen LogP contribution in [0.5, 0.6) is 11.5 Å². The SMILES string of the molecule is O=C(NCc1ccc(C(F)(F)F)cc1)Nc1ccc2c(c1)OCO2. The number of carbonyl (C=O) groups excluding carboxylic acids is 1. The Bertz CT molecular complexity index is 745. The third-order valence-electron chi connectivity index (χ3n) is 3.36. The highest BCUT2D eigenvalue weighted by atomic mass is 19.4. The number of nitrogens with one attached hydrogen (secondary N) is 2. The van der Waals surface area contributed by atoms with Crippen molar-refractivity contribution in [1.29, 1.82) is 0 Å². The number of benzene rings is 2. The predicted molar refractivity (Wildman–Crippen MR) is 79.9 cm³/mol. The van der Waals surface area contributed by atoms with E-state index in [4.69, 9.17) is 9.47 Å². The first-order valence-electron chi connectivity index (χ1n) is 7.02. The van der Waals surface area contributed by atoms with Gasteiger partial charge in [-0.25, -0.2) is 4.79 Å². The van der Waals surface area contributed by atoms with Crippen molar-refractivity contribution in [1.82, 2.24) is 5.32 Å². The number of fused-ring (bicyclic) bond motifs is 1. The predicted octanol–water partition coefficient (Wildman–Crippen LogP) is 3.76. The molecule has 0 saturated carbocycles. The first-order valence-corrected chi connectivity index (χ1v) is 7.02. The van der Waals surface area contributed by atoms with Crippen LogP contribution in [0.15, 0.2) is 42.5 Å². The van der Waals surface area contributed by atoms with Crippen molar-refractivity contribution in [3.8, 4) is 11.5 Å². The highest BCUT2D eigenvalue weighted by Crippen LogP contribution is 2.34. The molecular formula is C16H13F3N2O3. The van der Waals surface area contributed by atoms with Gasteiger partial charge in [0.15, 0.2) is 11.5 Å². The zero-order chi connectivity index (χ0) is 17.2. The lowest BCUT2D eigenvalue weighted by Crippen LogP contribution is -2.28. The maximum absolute atomic E-state index is 12.5. The Morgan fingerprint density at radius 1 is 1.04 bits per heavy atom. The van der Waals surface area contributed by atoms with Crippen molar-refractivity contribution >= 4 is 11.7 Å². The molecule has 126 valence electrons. The smallest absolute Gasteiger partial charge is 0.416 e. The van der Waals surface area contributed by atoms with E-state index in [2.05, 4.69) is 10.6 Å². The summed E-state index contributed by atoms with van der Waals surface area (Å²) in [5, 5.41) is 5.18. The molecule has 0 fully saturated rings. The van der Waals surface area contributed by atoms with Gasteiger partial charge in [0.2, 0.25) is 6.79 Å². The first-order chi connectivity index (χ1) is 11.4. The molecule has 1 aliphatic heterocycles. The van der Waals surface area contributed by atoms with Crippen molar-refractivity contribution in [2.45, 2.75) is 12.7 Å². The molecule has 24 heavy (non-hydrogen) atoms. The van der Waals surface area contributed by atoms with Crippen molar-refractivity contribution in [2.24, 2.45) is 0 Å². The number of hydrogen-bond donors (Lipinski definition) is 2. The number of ether oxygens (including phenoxy) is 2. The van der Waals surface area contributed by atoms with Crippen LogP contribution in [-0.4, -0.2) is 12.8 Å². The van der Waals surface area contributed by atoms with Gasteiger partial charge in [0.05, 0.1) is 5.56 Å². The molecule has 1 heterocycles. The van der Waals surface area contributed by atoms with Crippen LogP contribution in [0, 0.1) is 0 Å². The van der Waals surface area contributed by atoms with Crippen molar-refractivity contribution in [3.63, 3.8) is 0 Å².